The number of carbonyl (C=O) groups is 5. The summed E-state index contributed by atoms with van der Waals surface area (Å²) < 4.78 is 39.9. The fourth-order valence-corrected chi connectivity index (χ4v) is 13.2. The Hall–Kier alpha value is -4.67. The lowest BCUT2D eigenvalue weighted by molar-refractivity contribution is -0.150. The average molecular weight is 1060 g/mol. The van der Waals surface area contributed by atoms with E-state index in [9.17, 15) is 32.8 Å². The quantitative estimate of drug-likeness (QED) is 0.143. The number of nitrogens with zero attached hydrogens (tertiary/aromatic N) is 4. The number of para-hydroxylation sites is 1. The molecule has 5 amide bonds. The Labute approximate surface area is 451 Å². The van der Waals surface area contributed by atoms with Crippen LogP contribution >= 0.6 is 0 Å². The summed E-state index contributed by atoms with van der Waals surface area (Å²) in [6.07, 6.45) is 11.4. The van der Waals surface area contributed by atoms with Crippen molar-refractivity contribution in [2.75, 3.05) is 59.0 Å². The van der Waals surface area contributed by atoms with Crippen molar-refractivity contribution in [3.8, 4) is 5.75 Å². The molecule has 2 aromatic rings. The van der Waals surface area contributed by atoms with Crippen molar-refractivity contribution in [1.29, 1.82) is 0 Å². The number of nitrogens with one attached hydrogen (secondary N) is 3. The number of piperidine rings is 1. The zero-order valence-electron chi connectivity index (χ0n) is 46.2. The SMILES string of the molecule is CCO[C@@H]1C[C@@H]2CN(C(=O)[C@@H](NC(=O)[C@H](C)CC)C3CCC(F)(F)CC3)[C@H](C(=O)N[C@@H]3CCOc4ccccc43)CN2C1.CC[C@@H](C)C(=O)N[C@H](C(=O)N1CC[C@H]2CCN(CCc3ccccc3)C[C@H]21)C1CCCCC1. The first-order valence-corrected chi connectivity index (χ1v) is 29.4. The van der Waals surface area contributed by atoms with Crippen LogP contribution in [0.3, 0.4) is 0 Å². The molecule has 7 aliphatic rings. The van der Waals surface area contributed by atoms with Crippen LogP contribution in [0.4, 0.5) is 8.78 Å². The first kappa shape index (κ1) is 57.5. The lowest BCUT2D eigenvalue weighted by Crippen LogP contribution is -2.66. The maximum Gasteiger partial charge on any atom is 0.248 e. The van der Waals surface area contributed by atoms with E-state index in [0.717, 1.165) is 76.0 Å². The summed E-state index contributed by atoms with van der Waals surface area (Å²) in [5.74, 6) is -2.59. The van der Waals surface area contributed by atoms with E-state index in [0.29, 0.717) is 57.6 Å². The van der Waals surface area contributed by atoms with Crippen LogP contribution in [-0.4, -0.2) is 150 Å². The third-order valence-corrected chi connectivity index (χ3v) is 18.3. The standard InChI is InChI=1S/C32H46F2N4O5.C28H43N3O2/c1-4-20(3)29(39)36-28(21-10-13-32(33,34)14-11-21)31(41)38-17-22-16-23(42-5-2)18-37(22)19-26(38)30(40)35-25-12-15-43-27-9-7-6-8-24(25)27;1-3-21(2)27(32)29-26(24-12-8-5-9-13-24)28(33)31-19-16-23-15-18-30(20-25(23)31)17-14-22-10-6-4-7-11-22/h6-9,20-23,25-26,28H,4-5,10-19H2,1-3H3,(H,35,40)(H,36,39);4,6-7,10-11,21,23-26H,3,5,8-9,12-20H2,1-2H3,(H,29,32)/t20-,22-,23-,25-,26+,28+;21-,23-,25-,26+/m11/s1. The van der Waals surface area contributed by atoms with Gasteiger partial charge in [-0.05, 0) is 107 Å². The summed E-state index contributed by atoms with van der Waals surface area (Å²) in [5.41, 5.74) is 2.28. The Bertz CT molecular complexity index is 2240. The number of carbonyl (C=O) groups excluding carboxylic acids is 5. The number of hydrogen-bond acceptors (Lipinski definition) is 9. The second-order valence-electron chi connectivity index (χ2n) is 23.3. The van der Waals surface area contributed by atoms with Gasteiger partial charge in [0.05, 0.1) is 18.8 Å². The van der Waals surface area contributed by atoms with Gasteiger partial charge in [0.1, 0.15) is 23.9 Å². The van der Waals surface area contributed by atoms with Crippen molar-refractivity contribution in [2.45, 2.75) is 186 Å². The number of piperazine rings is 1. The molecule has 9 rings (SSSR count). The zero-order chi connectivity index (χ0) is 53.9. The van der Waals surface area contributed by atoms with Gasteiger partial charge in [0.25, 0.3) is 0 Å². The van der Waals surface area contributed by atoms with E-state index >= 15 is 0 Å². The van der Waals surface area contributed by atoms with E-state index in [1.54, 1.807) is 11.8 Å². The molecular formula is C60H89F2N7O7. The molecule has 0 aromatic heterocycles. The van der Waals surface area contributed by atoms with Crippen molar-refractivity contribution in [1.82, 2.24) is 35.6 Å². The van der Waals surface area contributed by atoms with Gasteiger partial charge >= 0.3 is 0 Å². The molecule has 76 heavy (non-hydrogen) atoms. The van der Waals surface area contributed by atoms with Crippen LogP contribution in [0.1, 0.15) is 148 Å². The Morgan fingerprint density at radius 2 is 1.36 bits per heavy atom. The minimum atomic E-state index is -2.77. The van der Waals surface area contributed by atoms with Crippen LogP contribution in [0.2, 0.25) is 0 Å². The molecule has 10 atom stereocenters. The summed E-state index contributed by atoms with van der Waals surface area (Å²) in [6, 6.07) is 16.2. The molecule has 0 radical (unpaired) electrons. The average Bonchev–Trinajstić information content (AvgIpc) is 4.06. The number of hydrogen-bond donors (Lipinski definition) is 3. The molecule has 2 aromatic carbocycles. The van der Waals surface area contributed by atoms with Crippen molar-refractivity contribution in [3.63, 3.8) is 0 Å². The summed E-state index contributed by atoms with van der Waals surface area (Å²) >= 11 is 0. The predicted octanol–water partition coefficient (Wildman–Crippen LogP) is 7.94. The van der Waals surface area contributed by atoms with E-state index in [2.05, 4.69) is 61.0 Å². The number of ether oxygens (including phenoxy) is 2. The fraction of sp³-hybridized carbons (Fsp3) is 0.717. The monoisotopic (exact) mass is 1060 g/mol. The zero-order valence-corrected chi connectivity index (χ0v) is 46.2. The van der Waals surface area contributed by atoms with Crippen LogP contribution in [0.15, 0.2) is 54.6 Å². The van der Waals surface area contributed by atoms with Gasteiger partial charge in [0.2, 0.25) is 35.5 Å². The van der Waals surface area contributed by atoms with Crippen molar-refractivity contribution in [3.05, 3.63) is 65.7 Å². The Kier molecular flexibility index (Phi) is 20.3. The van der Waals surface area contributed by atoms with Crippen LogP contribution in [0.25, 0.3) is 0 Å². The van der Waals surface area contributed by atoms with E-state index in [1.165, 1.54) is 31.2 Å². The van der Waals surface area contributed by atoms with Gasteiger partial charge in [0.15, 0.2) is 0 Å². The molecule has 0 bridgehead atoms. The topological polar surface area (TPSA) is 153 Å². The molecule has 6 fully saturated rings. The van der Waals surface area contributed by atoms with Gasteiger partial charge in [-0.3, -0.25) is 28.9 Å². The van der Waals surface area contributed by atoms with Crippen LogP contribution in [0.5, 0.6) is 5.75 Å². The van der Waals surface area contributed by atoms with E-state index in [-0.39, 0.29) is 97.2 Å². The van der Waals surface area contributed by atoms with Crippen molar-refractivity contribution in [2.24, 2.45) is 29.6 Å². The second kappa shape index (κ2) is 26.8. The molecular weight excluding hydrogens is 969 g/mol. The summed E-state index contributed by atoms with van der Waals surface area (Å²) in [4.78, 5) is 76.9. The predicted molar refractivity (Wildman–Crippen MR) is 289 cm³/mol. The smallest absolute Gasteiger partial charge is 0.248 e. The molecule has 2 aliphatic carbocycles. The molecule has 5 aliphatic heterocycles. The van der Waals surface area contributed by atoms with Gasteiger partial charge in [-0.25, -0.2) is 8.78 Å². The summed E-state index contributed by atoms with van der Waals surface area (Å²) in [6.45, 7) is 16.0. The molecule has 0 spiro atoms. The maximum atomic E-state index is 14.5. The number of alkyl halides is 2. The number of likely N-dealkylation sites (tertiary alicyclic amines) is 2. The lowest BCUT2D eigenvalue weighted by Gasteiger charge is -2.45. The highest BCUT2D eigenvalue weighted by Crippen LogP contribution is 2.40. The van der Waals surface area contributed by atoms with Gasteiger partial charge in [-0.15, -0.1) is 0 Å². The number of halogens is 2. The molecule has 2 saturated carbocycles. The first-order chi connectivity index (χ1) is 36.7. The number of benzene rings is 2. The number of fused-ring (bicyclic) bond motifs is 3. The molecule has 0 unspecified atom stereocenters. The Morgan fingerprint density at radius 3 is 2.03 bits per heavy atom. The van der Waals surface area contributed by atoms with E-state index in [1.807, 2.05) is 52.0 Å². The second-order valence-corrected chi connectivity index (χ2v) is 23.3. The van der Waals surface area contributed by atoms with Crippen LogP contribution < -0.4 is 20.7 Å². The molecule has 14 nitrogen and oxygen atoms in total. The summed E-state index contributed by atoms with van der Waals surface area (Å²) in [5, 5.41) is 9.35. The number of amides is 5. The van der Waals surface area contributed by atoms with Crippen LogP contribution in [-0.2, 0) is 35.1 Å². The van der Waals surface area contributed by atoms with Crippen LogP contribution in [0, 0.1) is 29.6 Å². The Morgan fingerprint density at radius 1 is 0.724 bits per heavy atom. The first-order valence-electron chi connectivity index (χ1n) is 29.4. The van der Waals surface area contributed by atoms with Gasteiger partial charge in [-0.2, -0.15) is 0 Å². The van der Waals surface area contributed by atoms with E-state index < -0.39 is 23.9 Å². The molecule has 5 heterocycles. The number of rotatable bonds is 17. The summed E-state index contributed by atoms with van der Waals surface area (Å²) in [7, 11) is 0. The highest BCUT2D eigenvalue weighted by Gasteiger charge is 2.49. The highest BCUT2D eigenvalue weighted by atomic mass is 19.3. The molecule has 420 valence electrons. The molecule has 4 saturated heterocycles. The van der Waals surface area contributed by atoms with Crippen molar-refractivity contribution >= 4 is 29.5 Å². The molecule has 16 heteroatoms. The normalized spacial score (nSPS) is 27.5. The Balaban J connectivity index is 0.000000209. The van der Waals surface area contributed by atoms with Gasteiger partial charge in [-0.1, -0.05) is 95.5 Å². The third kappa shape index (κ3) is 14.3. The van der Waals surface area contributed by atoms with Gasteiger partial charge in [0, 0.05) is 94.6 Å². The minimum absolute atomic E-state index is 0.00922. The lowest BCUT2D eigenvalue weighted by atomic mass is 9.81. The largest absolute Gasteiger partial charge is 0.493 e. The minimum Gasteiger partial charge on any atom is -0.493 e. The highest BCUT2D eigenvalue weighted by molar-refractivity contribution is 5.93. The van der Waals surface area contributed by atoms with E-state index in [4.69, 9.17) is 9.47 Å². The fourth-order valence-electron chi connectivity index (χ4n) is 13.2. The maximum absolute atomic E-state index is 14.5. The molecule has 3 N–H and O–H groups in total. The third-order valence-electron chi connectivity index (χ3n) is 18.3. The van der Waals surface area contributed by atoms with Gasteiger partial charge < -0.3 is 40.1 Å². The van der Waals surface area contributed by atoms with Crippen molar-refractivity contribution < 1.29 is 42.2 Å².